The standard InChI is InChI=1S/C17H28N4O3S/c1-15(22)18-16-5-7-17(8-6-16)25(23,24)21-13-11-20(12-14-21)10-4-9-19(2)3/h5-8H,4,9-14H2,1-3H3,(H,18,22). The lowest BCUT2D eigenvalue weighted by Crippen LogP contribution is -2.48. The van der Waals surface area contributed by atoms with Gasteiger partial charge in [0.25, 0.3) is 0 Å². The normalized spacial score (nSPS) is 17.0. The predicted molar refractivity (Wildman–Crippen MR) is 99.1 cm³/mol. The minimum atomic E-state index is -3.48. The van der Waals surface area contributed by atoms with Gasteiger partial charge in [-0.05, 0) is 57.9 Å². The topological polar surface area (TPSA) is 73.0 Å². The van der Waals surface area contributed by atoms with Crippen molar-refractivity contribution in [2.45, 2.75) is 18.2 Å². The summed E-state index contributed by atoms with van der Waals surface area (Å²) in [6, 6.07) is 6.33. The van der Waals surface area contributed by atoms with Crippen LogP contribution in [0.2, 0.25) is 0 Å². The Morgan fingerprint density at radius 1 is 1.12 bits per heavy atom. The molecule has 0 atom stereocenters. The summed E-state index contributed by atoms with van der Waals surface area (Å²) in [5, 5.41) is 2.64. The first-order valence-electron chi connectivity index (χ1n) is 8.54. The van der Waals surface area contributed by atoms with E-state index in [-0.39, 0.29) is 10.8 Å². The summed E-state index contributed by atoms with van der Waals surface area (Å²) >= 11 is 0. The molecule has 1 aromatic carbocycles. The summed E-state index contributed by atoms with van der Waals surface area (Å²) in [4.78, 5) is 15.8. The van der Waals surface area contributed by atoms with Gasteiger partial charge in [0.2, 0.25) is 15.9 Å². The molecule has 0 aliphatic carbocycles. The van der Waals surface area contributed by atoms with E-state index in [0.29, 0.717) is 18.8 Å². The third kappa shape index (κ3) is 5.78. The molecule has 25 heavy (non-hydrogen) atoms. The van der Waals surface area contributed by atoms with E-state index in [1.54, 1.807) is 28.6 Å². The first-order valence-corrected chi connectivity index (χ1v) is 9.98. The number of nitrogens with one attached hydrogen (secondary N) is 1. The minimum Gasteiger partial charge on any atom is -0.326 e. The number of rotatable bonds is 7. The lowest BCUT2D eigenvalue weighted by Gasteiger charge is -2.34. The Morgan fingerprint density at radius 3 is 2.24 bits per heavy atom. The van der Waals surface area contributed by atoms with E-state index in [2.05, 4.69) is 29.2 Å². The number of hydrogen-bond donors (Lipinski definition) is 1. The quantitative estimate of drug-likeness (QED) is 0.774. The van der Waals surface area contributed by atoms with Gasteiger partial charge in [-0.1, -0.05) is 0 Å². The summed E-state index contributed by atoms with van der Waals surface area (Å²) < 4.78 is 27.0. The maximum atomic E-state index is 12.7. The van der Waals surface area contributed by atoms with Crippen molar-refractivity contribution >= 4 is 21.6 Å². The second-order valence-corrected chi connectivity index (χ2v) is 8.55. The SMILES string of the molecule is CC(=O)Nc1ccc(S(=O)(=O)N2CCN(CCCN(C)C)CC2)cc1. The van der Waals surface area contributed by atoms with Crippen molar-refractivity contribution in [3.63, 3.8) is 0 Å². The van der Waals surface area contributed by atoms with E-state index >= 15 is 0 Å². The fraction of sp³-hybridized carbons (Fsp3) is 0.588. The number of hydrogen-bond acceptors (Lipinski definition) is 5. The second kappa shape index (κ2) is 8.75. The van der Waals surface area contributed by atoms with Crippen LogP contribution in [-0.4, -0.2) is 81.8 Å². The molecule has 1 N–H and O–H groups in total. The molecule has 1 aliphatic rings. The highest BCUT2D eigenvalue weighted by atomic mass is 32.2. The molecule has 0 aromatic heterocycles. The van der Waals surface area contributed by atoms with Gasteiger partial charge < -0.3 is 15.1 Å². The highest BCUT2D eigenvalue weighted by molar-refractivity contribution is 7.89. The molecule has 0 unspecified atom stereocenters. The predicted octanol–water partition coefficient (Wildman–Crippen LogP) is 0.903. The molecule has 8 heteroatoms. The largest absolute Gasteiger partial charge is 0.326 e. The number of benzene rings is 1. The van der Waals surface area contributed by atoms with Crippen LogP contribution >= 0.6 is 0 Å². The van der Waals surface area contributed by atoms with Crippen LogP contribution in [0, 0.1) is 0 Å². The number of carbonyl (C=O) groups is 1. The van der Waals surface area contributed by atoms with Gasteiger partial charge in [0.1, 0.15) is 0 Å². The van der Waals surface area contributed by atoms with E-state index in [9.17, 15) is 13.2 Å². The summed E-state index contributed by atoms with van der Waals surface area (Å²) in [5.41, 5.74) is 0.595. The number of anilines is 1. The first kappa shape index (κ1) is 19.8. The molecule has 0 bridgehead atoms. The van der Waals surface area contributed by atoms with Crippen molar-refractivity contribution in [1.29, 1.82) is 0 Å². The summed E-state index contributed by atoms with van der Waals surface area (Å²) in [6.45, 7) is 6.00. The molecule has 1 aromatic rings. The van der Waals surface area contributed by atoms with Gasteiger partial charge in [0.05, 0.1) is 4.90 Å². The van der Waals surface area contributed by atoms with Crippen LogP contribution in [-0.2, 0) is 14.8 Å². The lowest BCUT2D eigenvalue weighted by atomic mass is 10.3. The van der Waals surface area contributed by atoms with Gasteiger partial charge in [-0.3, -0.25) is 4.79 Å². The van der Waals surface area contributed by atoms with Crippen molar-refractivity contribution in [3.8, 4) is 0 Å². The van der Waals surface area contributed by atoms with Crippen LogP contribution in [0.5, 0.6) is 0 Å². The number of amides is 1. The zero-order chi connectivity index (χ0) is 18.4. The van der Waals surface area contributed by atoms with Crippen LogP contribution in [0.25, 0.3) is 0 Å². The van der Waals surface area contributed by atoms with Gasteiger partial charge in [0, 0.05) is 38.8 Å². The Bertz CT molecular complexity index is 666. The van der Waals surface area contributed by atoms with Crippen molar-refractivity contribution in [2.75, 3.05) is 58.7 Å². The summed E-state index contributed by atoms with van der Waals surface area (Å²) in [6.07, 6.45) is 1.09. The lowest BCUT2D eigenvalue weighted by molar-refractivity contribution is -0.114. The van der Waals surface area contributed by atoms with Crippen LogP contribution in [0.4, 0.5) is 5.69 Å². The molecular weight excluding hydrogens is 340 g/mol. The van der Waals surface area contributed by atoms with E-state index in [4.69, 9.17) is 0 Å². The Kier molecular flexibility index (Phi) is 6.95. The molecule has 0 radical (unpaired) electrons. The number of nitrogens with zero attached hydrogens (tertiary/aromatic N) is 3. The molecule has 2 rings (SSSR count). The van der Waals surface area contributed by atoms with Gasteiger partial charge in [-0.25, -0.2) is 8.42 Å². The number of carbonyl (C=O) groups excluding carboxylic acids is 1. The Morgan fingerprint density at radius 2 is 1.72 bits per heavy atom. The maximum absolute atomic E-state index is 12.7. The molecule has 1 heterocycles. The minimum absolute atomic E-state index is 0.180. The zero-order valence-corrected chi connectivity index (χ0v) is 16.1. The van der Waals surface area contributed by atoms with Crippen LogP contribution < -0.4 is 5.32 Å². The summed E-state index contributed by atoms with van der Waals surface area (Å²) in [7, 11) is 0.636. The van der Waals surface area contributed by atoms with Crippen molar-refractivity contribution in [3.05, 3.63) is 24.3 Å². The summed E-state index contributed by atoms with van der Waals surface area (Å²) in [5.74, 6) is -0.180. The molecule has 1 aliphatic heterocycles. The highest BCUT2D eigenvalue weighted by Gasteiger charge is 2.28. The molecule has 1 saturated heterocycles. The van der Waals surface area contributed by atoms with Crippen LogP contribution in [0.3, 0.4) is 0 Å². The molecule has 7 nitrogen and oxygen atoms in total. The fourth-order valence-electron chi connectivity index (χ4n) is 2.87. The van der Waals surface area contributed by atoms with E-state index in [1.165, 1.54) is 6.92 Å². The first-order chi connectivity index (χ1) is 11.8. The van der Waals surface area contributed by atoms with Gasteiger partial charge in [0.15, 0.2) is 0 Å². The van der Waals surface area contributed by atoms with Crippen LogP contribution in [0.15, 0.2) is 29.2 Å². The van der Waals surface area contributed by atoms with Gasteiger partial charge in [-0.15, -0.1) is 0 Å². The molecule has 0 spiro atoms. The van der Waals surface area contributed by atoms with E-state index < -0.39 is 10.0 Å². The molecule has 1 fully saturated rings. The van der Waals surface area contributed by atoms with Crippen LogP contribution in [0.1, 0.15) is 13.3 Å². The molecule has 1 amide bonds. The van der Waals surface area contributed by atoms with Crippen molar-refractivity contribution in [2.24, 2.45) is 0 Å². The van der Waals surface area contributed by atoms with Gasteiger partial charge in [-0.2, -0.15) is 4.31 Å². The second-order valence-electron chi connectivity index (χ2n) is 6.61. The van der Waals surface area contributed by atoms with Crippen molar-refractivity contribution in [1.82, 2.24) is 14.1 Å². The van der Waals surface area contributed by atoms with Gasteiger partial charge >= 0.3 is 0 Å². The third-order valence-electron chi connectivity index (χ3n) is 4.22. The highest BCUT2D eigenvalue weighted by Crippen LogP contribution is 2.20. The van der Waals surface area contributed by atoms with Crippen molar-refractivity contribution < 1.29 is 13.2 Å². The van der Waals surface area contributed by atoms with E-state index in [1.807, 2.05) is 0 Å². The zero-order valence-electron chi connectivity index (χ0n) is 15.2. The average Bonchev–Trinajstić information content (AvgIpc) is 2.55. The molecule has 140 valence electrons. The third-order valence-corrected chi connectivity index (χ3v) is 6.14. The Labute approximate surface area is 150 Å². The number of sulfonamides is 1. The number of piperazine rings is 1. The maximum Gasteiger partial charge on any atom is 0.243 e. The average molecular weight is 369 g/mol. The van der Waals surface area contributed by atoms with E-state index in [0.717, 1.165) is 32.6 Å². The molecule has 0 saturated carbocycles. The Hall–Kier alpha value is -1.48. The molecular formula is C17H28N4O3S. The monoisotopic (exact) mass is 368 g/mol. The fourth-order valence-corrected chi connectivity index (χ4v) is 4.29. The smallest absolute Gasteiger partial charge is 0.243 e. The Balaban J connectivity index is 1.91.